The van der Waals surface area contributed by atoms with Crippen LogP contribution in [0.1, 0.15) is 21.1 Å². The second kappa shape index (κ2) is 9.05. The Morgan fingerprint density at radius 2 is 1.90 bits per heavy atom. The number of nitrogens with zero attached hydrogens (tertiary/aromatic N) is 2. The van der Waals surface area contributed by atoms with Gasteiger partial charge >= 0.3 is 0 Å². The van der Waals surface area contributed by atoms with Crippen molar-refractivity contribution in [2.24, 2.45) is 0 Å². The van der Waals surface area contributed by atoms with Crippen LogP contribution in [0.25, 0.3) is 10.4 Å². The maximum Gasteiger partial charge on any atom is 0.273 e. The van der Waals surface area contributed by atoms with Gasteiger partial charge in [-0.25, -0.2) is 9.37 Å². The molecular weight excluding hydrogens is 391 g/mol. The van der Waals surface area contributed by atoms with Gasteiger partial charge in [0.2, 0.25) is 0 Å². The molecule has 7 heteroatoms. The number of aryl methyl sites for hydroxylation is 1. The zero-order chi connectivity index (χ0) is 21.0. The van der Waals surface area contributed by atoms with Crippen molar-refractivity contribution in [2.45, 2.75) is 13.3 Å². The van der Waals surface area contributed by atoms with Crippen LogP contribution in [0.4, 0.5) is 4.39 Å². The number of ether oxygens (including phenoxy) is 2. The number of methoxy groups -OCH3 is 2. The molecule has 0 N–H and O–H groups in total. The Hall–Kier alpha value is -2.93. The highest BCUT2D eigenvalue weighted by Gasteiger charge is 2.22. The first kappa shape index (κ1) is 20.8. The van der Waals surface area contributed by atoms with E-state index in [1.54, 1.807) is 38.3 Å². The molecule has 1 aromatic heterocycles. The van der Waals surface area contributed by atoms with Gasteiger partial charge in [0.15, 0.2) is 11.5 Å². The number of hydrogen-bond acceptors (Lipinski definition) is 5. The molecule has 1 amide bonds. The number of aromatic nitrogens is 1. The molecule has 1 heterocycles. The summed E-state index contributed by atoms with van der Waals surface area (Å²) in [6.07, 6.45) is 0.654. The van der Waals surface area contributed by atoms with Gasteiger partial charge in [-0.3, -0.25) is 4.79 Å². The van der Waals surface area contributed by atoms with E-state index in [4.69, 9.17) is 9.47 Å². The van der Waals surface area contributed by atoms with E-state index in [-0.39, 0.29) is 11.7 Å². The quantitative estimate of drug-likeness (QED) is 0.567. The average molecular weight is 415 g/mol. The van der Waals surface area contributed by atoms with Crippen LogP contribution >= 0.6 is 11.3 Å². The van der Waals surface area contributed by atoms with Crippen LogP contribution in [0.2, 0.25) is 0 Å². The lowest BCUT2D eigenvalue weighted by Gasteiger charge is -2.17. The van der Waals surface area contributed by atoms with Gasteiger partial charge in [-0.2, -0.15) is 0 Å². The molecule has 0 bridgehead atoms. The highest BCUT2D eigenvalue weighted by Crippen LogP contribution is 2.31. The maximum absolute atomic E-state index is 13.6. The Labute approximate surface area is 173 Å². The summed E-state index contributed by atoms with van der Waals surface area (Å²) in [5, 5.41) is 0.765. The van der Waals surface area contributed by atoms with Crippen LogP contribution in [-0.4, -0.2) is 43.6 Å². The molecule has 29 heavy (non-hydrogen) atoms. The van der Waals surface area contributed by atoms with Crippen LogP contribution in [0.15, 0.2) is 42.5 Å². The number of thiazole rings is 1. The summed E-state index contributed by atoms with van der Waals surface area (Å²) in [4.78, 5) is 19.7. The molecule has 0 aliphatic carbocycles. The van der Waals surface area contributed by atoms with Gasteiger partial charge in [-0.05, 0) is 48.7 Å². The Morgan fingerprint density at radius 1 is 1.14 bits per heavy atom. The summed E-state index contributed by atoms with van der Waals surface area (Å²) in [6, 6.07) is 11.9. The minimum atomic E-state index is -0.339. The number of amides is 1. The fourth-order valence-electron chi connectivity index (χ4n) is 3.01. The third kappa shape index (κ3) is 4.74. The molecule has 0 aliphatic rings. The Bertz CT molecular complexity index is 1020. The zero-order valence-electron chi connectivity index (χ0n) is 16.9. The van der Waals surface area contributed by atoms with Gasteiger partial charge < -0.3 is 14.4 Å². The molecule has 0 aliphatic heterocycles. The standard InChI is InChI=1S/C22H23FN2O3S/c1-14-24-20(21(29-14)16-6-5-7-17(23)13-16)22(26)25(2)11-10-15-8-9-18(27-3)19(12-15)28-4/h5-9,12-13H,10-11H2,1-4H3. The fourth-order valence-corrected chi connectivity index (χ4v) is 3.92. The van der Waals surface area contributed by atoms with Crippen molar-refractivity contribution >= 4 is 17.2 Å². The van der Waals surface area contributed by atoms with E-state index in [0.717, 1.165) is 10.6 Å². The zero-order valence-corrected chi connectivity index (χ0v) is 17.7. The molecule has 0 atom stereocenters. The molecule has 2 aromatic carbocycles. The minimum absolute atomic E-state index is 0.186. The number of benzene rings is 2. The van der Waals surface area contributed by atoms with E-state index in [1.807, 2.05) is 25.1 Å². The van der Waals surface area contributed by atoms with Gasteiger partial charge in [-0.15, -0.1) is 11.3 Å². The van der Waals surface area contributed by atoms with E-state index in [9.17, 15) is 9.18 Å². The topological polar surface area (TPSA) is 51.7 Å². The molecule has 3 rings (SSSR count). The number of rotatable bonds is 7. The van der Waals surface area contributed by atoms with E-state index < -0.39 is 0 Å². The second-order valence-electron chi connectivity index (χ2n) is 6.59. The molecule has 5 nitrogen and oxygen atoms in total. The number of carbonyl (C=O) groups is 1. The molecule has 0 spiro atoms. The van der Waals surface area contributed by atoms with Crippen molar-refractivity contribution in [3.05, 3.63) is 64.5 Å². The van der Waals surface area contributed by atoms with E-state index in [2.05, 4.69) is 4.98 Å². The van der Waals surface area contributed by atoms with Crippen LogP contribution in [0, 0.1) is 12.7 Å². The van der Waals surface area contributed by atoms with Crippen molar-refractivity contribution < 1.29 is 18.7 Å². The smallest absolute Gasteiger partial charge is 0.273 e. The number of halogens is 1. The van der Waals surface area contributed by atoms with Crippen molar-refractivity contribution in [3.8, 4) is 21.9 Å². The van der Waals surface area contributed by atoms with Crippen LogP contribution in [-0.2, 0) is 6.42 Å². The molecule has 0 saturated heterocycles. The number of hydrogen-bond donors (Lipinski definition) is 0. The lowest BCUT2D eigenvalue weighted by atomic mass is 10.1. The molecule has 0 fully saturated rings. The summed E-state index contributed by atoms with van der Waals surface area (Å²) in [6.45, 7) is 2.35. The molecule has 0 saturated carbocycles. The maximum atomic E-state index is 13.6. The van der Waals surface area contributed by atoms with Crippen LogP contribution in [0.3, 0.4) is 0 Å². The summed E-state index contributed by atoms with van der Waals surface area (Å²) in [5.74, 6) is 0.795. The summed E-state index contributed by atoms with van der Waals surface area (Å²) in [7, 11) is 4.93. The van der Waals surface area contributed by atoms with Crippen LogP contribution < -0.4 is 9.47 Å². The van der Waals surface area contributed by atoms with E-state index in [0.29, 0.717) is 40.6 Å². The molecule has 0 radical (unpaired) electrons. The molecular formula is C22H23FN2O3S. The SMILES string of the molecule is COc1ccc(CCN(C)C(=O)c2nc(C)sc2-c2cccc(F)c2)cc1OC. The first-order chi connectivity index (χ1) is 13.9. The van der Waals surface area contributed by atoms with Crippen molar-refractivity contribution in [3.63, 3.8) is 0 Å². The minimum Gasteiger partial charge on any atom is -0.493 e. The Kier molecular flexibility index (Phi) is 6.49. The highest BCUT2D eigenvalue weighted by atomic mass is 32.1. The second-order valence-corrected chi connectivity index (χ2v) is 7.79. The van der Waals surface area contributed by atoms with Crippen molar-refractivity contribution in [2.75, 3.05) is 27.8 Å². The predicted molar refractivity (Wildman–Crippen MR) is 112 cm³/mol. The normalized spacial score (nSPS) is 10.7. The van der Waals surface area contributed by atoms with E-state index >= 15 is 0 Å². The van der Waals surface area contributed by atoms with Gasteiger partial charge in [0, 0.05) is 13.6 Å². The third-order valence-corrected chi connectivity index (χ3v) is 5.57. The first-order valence-corrected chi connectivity index (χ1v) is 9.94. The predicted octanol–water partition coefficient (Wildman–Crippen LogP) is 4.59. The number of likely N-dealkylation sites (N-methyl/N-ethyl adjacent to an activating group) is 1. The van der Waals surface area contributed by atoms with Crippen LogP contribution in [0.5, 0.6) is 11.5 Å². The summed E-state index contributed by atoms with van der Waals surface area (Å²) < 4.78 is 24.2. The van der Waals surface area contributed by atoms with Crippen molar-refractivity contribution in [1.29, 1.82) is 0 Å². The summed E-state index contributed by atoms with van der Waals surface area (Å²) in [5.41, 5.74) is 2.04. The van der Waals surface area contributed by atoms with E-state index in [1.165, 1.54) is 23.5 Å². The largest absolute Gasteiger partial charge is 0.493 e. The Morgan fingerprint density at radius 3 is 2.59 bits per heavy atom. The lowest BCUT2D eigenvalue weighted by molar-refractivity contribution is 0.0792. The fraction of sp³-hybridized carbons (Fsp3) is 0.273. The average Bonchev–Trinajstić information content (AvgIpc) is 3.12. The molecule has 152 valence electrons. The van der Waals surface area contributed by atoms with Gasteiger partial charge in [0.25, 0.3) is 5.91 Å². The highest BCUT2D eigenvalue weighted by molar-refractivity contribution is 7.15. The van der Waals surface area contributed by atoms with Gasteiger partial charge in [0.1, 0.15) is 11.5 Å². The monoisotopic (exact) mass is 414 g/mol. The first-order valence-electron chi connectivity index (χ1n) is 9.12. The summed E-state index contributed by atoms with van der Waals surface area (Å²) >= 11 is 1.39. The molecule has 3 aromatic rings. The van der Waals surface area contributed by atoms with Gasteiger partial charge in [-0.1, -0.05) is 18.2 Å². The van der Waals surface area contributed by atoms with Gasteiger partial charge in [0.05, 0.1) is 24.1 Å². The number of carbonyl (C=O) groups excluding carboxylic acids is 1. The van der Waals surface area contributed by atoms with Crippen molar-refractivity contribution in [1.82, 2.24) is 9.88 Å². The Balaban J connectivity index is 1.76. The lowest BCUT2D eigenvalue weighted by Crippen LogP contribution is -2.29. The third-order valence-electron chi connectivity index (χ3n) is 4.55. The molecule has 0 unspecified atom stereocenters.